The molecule has 0 saturated carbocycles. The second-order valence-corrected chi connectivity index (χ2v) is 5.86. The monoisotopic (exact) mass is 335 g/mol. The maximum atomic E-state index is 13.3. The van der Waals surface area contributed by atoms with Crippen molar-refractivity contribution in [3.05, 3.63) is 35.3 Å². The quantitative estimate of drug-likeness (QED) is 0.678. The number of amides is 1. The number of carbonyl (C=O) groups is 2. The van der Waals surface area contributed by atoms with E-state index in [2.05, 4.69) is 5.32 Å². The second kappa shape index (κ2) is 8.47. The van der Waals surface area contributed by atoms with Crippen molar-refractivity contribution in [1.29, 1.82) is 0 Å². The molecule has 0 aliphatic carbocycles. The van der Waals surface area contributed by atoms with Crippen molar-refractivity contribution in [2.24, 2.45) is 0 Å². The number of aliphatic carboxylic acids is 1. The maximum absolute atomic E-state index is 13.3. The van der Waals surface area contributed by atoms with Gasteiger partial charge in [-0.15, -0.1) is 0 Å². The van der Waals surface area contributed by atoms with E-state index in [1.165, 1.54) is 18.2 Å². The van der Waals surface area contributed by atoms with Crippen LogP contribution in [0.25, 0.3) is 11.0 Å². The van der Waals surface area contributed by atoms with Crippen LogP contribution in [-0.4, -0.2) is 23.5 Å². The molecule has 0 aliphatic rings. The van der Waals surface area contributed by atoms with Crippen LogP contribution in [0.3, 0.4) is 0 Å². The Morgan fingerprint density at radius 3 is 2.62 bits per heavy atom. The zero-order valence-corrected chi connectivity index (χ0v) is 13.7. The summed E-state index contributed by atoms with van der Waals surface area (Å²) in [5.74, 6) is -1.20. The molecule has 0 spiro atoms. The fourth-order valence-corrected chi connectivity index (χ4v) is 2.62. The SMILES string of the molecule is Cc1c(C(=O)NCCCCCCCC(=O)O)oc2ccc(F)cc12. The van der Waals surface area contributed by atoms with Gasteiger partial charge in [0.15, 0.2) is 5.76 Å². The summed E-state index contributed by atoms with van der Waals surface area (Å²) in [6.45, 7) is 2.27. The molecule has 0 unspecified atom stereocenters. The van der Waals surface area contributed by atoms with E-state index in [-0.39, 0.29) is 23.9 Å². The molecule has 0 fully saturated rings. The standard InChI is InChI=1S/C18H22FNO4/c1-12-14-11-13(19)8-9-15(14)24-17(12)18(23)20-10-6-4-2-3-5-7-16(21)22/h8-9,11H,2-7,10H2,1H3,(H,20,23)(H,21,22). The van der Waals surface area contributed by atoms with Gasteiger partial charge in [0.2, 0.25) is 0 Å². The topological polar surface area (TPSA) is 79.5 Å². The third kappa shape index (κ3) is 4.81. The van der Waals surface area contributed by atoms with Crippen LogP contribution >= 0.6 is 0 Å². The van der Waals surface area contributed by atoms with Gasteiger partial charge in [-0.05, 0) is 38.0 Å². The van der Waals surface area contributed by atoms with E-state index in [0.29, 0.717) is 29.5 Å². The number of hydrogen-bond donors (Lipinski definition) is 2. The van der Waals surface area contributed by atoms with Gasteiger partial charge in [0, 0.05) is 23.9 Å². The van der Waals surface area contributed by atoms with Gasteiger partial charge in [0.25, 0.3) is 5.91 Å². The Bertz CT molecular complexity index is 723. The Kier molecular flexibility index (Phi) is 6.35. The number of aryl methyl sites for hydroxylation is 1. The number of unbranched alkanes of at least 4 members (excludes halogenated alkanes) is 4. The number of carboxylic acid groups (broad SMARTS) is 1. The van der Waals surface area contributed by atoms with Crippen molar-refractivity contribution in [2.45, 2.75) is 45.4 Å². The third-order valence-corrected chi connectivity index (χ3v) is 3.96. The molecule has 2 N–H and O–H groups in total. The predicted octanol–water partition coefficient (Wildman–Crippen LogP) is 4.04. The second-order valence-electron chi connectivity index (χ2n) is 5.86. The summed E-state index contributed by atoms with van der Waals surface area (Å²) in [6.07, 6.45) is 4.50. The molecule has 1 aromatic heterocycles. The van der Waals surface area contributed by atoms with Crippen LogP contribution in [0.2, 0.25) is 0 Å². The van der Waals surface area contributed by atoms with E-state index in [1.54, 1.807) is 6.92 Å². The van der Waals surface area contributed by atoms with Crippen molar-refractivity contribution < 1.29 is 23.5 Å². The lowest BCUT2D eigenvalue weighted by molar-refractivity contribution is -0.137. The minimum absolute atomic E-state index is 0.211. The molecule has 1 amide bonds. The van der Waals surface area contributed by atoms with Gasteiger partial charge in [0.1, 0.15) is 11.4 Å². The van der Waals surface area contributed by atoms with Crippen molar-refractivity contribution in [3.8, 4) is 0 Å². The van der Waals surface area contributed by atoms with Crippen LogP contribution in [-0.2, 0) is 4.79 Å². The van der Waals surface area contributed by atoms with E-state index in [4.69, 9.17) is 9.52 Å². The molecule has 130 valence electrons. The summed E-state index contributed by atoms with van der Waals surface area (Å²) in [5.41, 5.74) is 1.13. The average Bonchev–Trinajstić information content (AvgIpc) is 2.86. The van der Waals surface area contributed by atoms with Crippen LogP contribution in [0, 0.1) is 12.7 Å². The highest BCUT2D eigenvalue weighted by Crippen LogP contribution is 2.25. The summed E-state index contributed by atoms with van der Waals surface area (Å²) < 4.78 is 18.8. The average molecular weight is 335 g/mol. The van der Waals surface area contributed by atoms with E-state index >= 15 is 0 Å². The predicted molar refractivity (Wildman–Crippen MR) is 88.6 cm³/mol. The van der Waals surface area contributed by atoms with Crippen LogP contribution in [0.15, 0.2) is 22.6 Å². The van der Waals surface area contributed by atoms with Crippen molar-refractivity contribution in [3.63, 3.8) is 0 Å². The number of nitrogens with one attached hydrogen (secondary N) is 1. The number of furan rings is 1. The molecule has 24 heavy (non-hydrogen) atoms. The fraction of sp³-hybridized carbons (Fsp3) is 0.444. The molecule has 0 saturated heterocycles. The molecule has 5 nitrogen and oxygen atoms in total. The lowest BCUT2D eigenvalue weighted by Gasteiger charge is -2.04. The first-order valence-corrected chi connectivity index (χ1v) is 8.17. The van der Waals surface area contributed by atoms with E-state index in [1.807, 2.05) is 0 Å². The number of hydrogen-bond acceptors (Lipinski definition) is 3. The maximum Gasteiger partial charge on any atom is 0.303 e. The molecule has 2 aromatic rings. The Hall–Kier alpha value is -2.37. The molecule has 1 heterocycles. The molecule has 0 bridgehead atoms. The van der Waals surface area contributed by atoms with E-state index in [0.717, 1.165) is 25.7 Å². The van der Waals surface area contributed by atoms with Gasteiger partial charge < -0.3 is 14.8 Å². The van der Waals surface area contributed by atoms with Gasteiger partial charge in [-0.3, -0.25) is 9.59 Å². The molecular formula is C18H22FNO4. The fourth-order valence-electron chi connectivity index (χ4n) is 2.62. The summed E-state index contributed by atoms with van der Waals surface area (Å²) >= 11 is 0. The minimum Gasteiger partial charge on any atom is -0.481 e. The highest BCUT2D eigenvalue weighted by molar-refractivity contribution is 5.98. The molecule has 6 heteroatoms. The molecule has 2 rings (SSSR count). The number of benzene rings is 1. The van der Waals surface area contributed by atoms with Crippen LogP contribution < -0.4 is 5.32 Å². The molecular weight excluding hydrogens is 313 g/mol. The van der Waals surface area contributed by atoms with Crippen LogP contribution in [0.4, 0.5) is 4.39 Å². The molecule has 0 radical (unpaired) electrons. The number of fused-ring (bicyclic) bond motifs is 1. The Labute approximate surface area is 139 Å². The highest BCUT2D eigenvalue weighted by atomic mass is 19.1. The highest BCUT2D eigenvalue weighted by Gasteiger charge is 2.17. The summed E-state index contributed by atoms with van der Waals surface area (Å²) in [5, 5.41) is 12.0. The van der Waals surface area contributed by atoms with E-state index in [9.17, 15) is 14.0 Å². The van der Waals surface area contributed by atoms with Gasteiger partial charge in [-0.2, -0.15) is 0 Å². The smallest absolute Gasteiger partial charge is 0.303 e. The van der Waals surface area contributed by atoms with Crippen molar-refractivity contribution >= 4 is 22.8 Å². The molecule has 0 atom stereocenters. The number of carboxylic acids is 1. The number of halogens is 1. The Morgan fingerprint density at radius 1 is 1.17 bits per heavy atom. The van der Waals surface area contributed by atoms with Crippen LogP contribution in [0.5, 0.6) is 0 Å². The number of carbonyl (C=O) groups excluding carboxylic acids is 1. The lowest BCUT2D eigenvalue weighted by atomic mass is 10.1. The van der Waals surface area contributed by atoms with Gasteiger partial charge in [-0.25, -0.2) is 4.39 Å². The molecule has 0 aliphatic heterocycles. The zero-order valence-electron chi connectivity index (χ0n) is 13.7. The first-order chi connectivity index (χ1) is 11.5. The molecule has 1 aromatic carbocycles. The van der Waals surface area contributed by atoms with Crippen LogP contribution in [0.1, 0.15) is 54.6 Å². The van der Waals surface area contributed by atoms with Gasteiger partial charge in [0.05, 0.1) is 0 Å². The normalized spacial score (nSPS) is 10.9. The van der Waals surface area contributed by atoms with Gasteiger partial charge in [-0.1, -0.05) is 19.3 Å². The first kappa shape index (κ1) is 18.0. The summed E-state index contributed by atoms with van der Waals surface area (Å²) in [4.78, 5) is 22.5. The Morgan fingerprint density at radius 2 is 1.88 bits per heavy atom. The largest absolute Gasteiger partial charge is 0.481 e. The number of rotatable bonds is 9. The lowest BCUT2D eigenvalue weighted by Crippen LogP contribution is -2.24. The third-order valence-electron chi connectivity index (χ3n) is 3.96. The Balaban J connectivity index is 1.75. The van der Waals surface area contributed by atoms with Gasteiger partial charge >= 0.3 is 5.97 Å². The summed E-state index contributed by atoms with van der Waals surface area (Å²) in [7, 11) is 0. The zero-order chi connectivity index (χ0) is 17.5. The van der Waals surface area contributed by atoms with E-state index < -0.39 is 5.97 Å². The first-order valence-electron chi connectivity index (χ1n) is 8.17. The summed E-state index contributed by atoms with van der Waals surface area (Å²) in [6, 6.07) is 4.19. The van der Waals surface area contributed by atoms with Crippen molar-refractivity contribution in [2.75, 3.05) is 6.54 Å². The minimum atomic E-state index is -0.761. The van der Waals surface area contributed by atoms with Crippen molar-refractivity contribution in [1.82, 2.24) is 5.32 Å².